The second-order valence-electron chi connectivity index (χ2n) is 4.68. The Bertz CT molecular complexity index is 511. The minimum Gasteiger partial charge on any atom is -0.492 e. The third-order valence-corrected chi connectivity index (χ3v) is 4.67. The molecule has 0 aliphatic heterocycles. The van der Waals surface area contributed by atoms with Gasteiger partial charge >= 0.3 is 0 Å². The maximum Gasteiger partial charge on any atom is 0.152 e. The van der Waals surface area contributed by atoms with Crippen LogP contribution in [-0.2, 0) is 9.84 Å². The number of ether oxygens (including phenoxy) is 1. The van der Waals surface area contributed by atoms with Crippen molar-refractivity contribution in [1.82, 2.24) is 0 Å². The molecule has 0 aliphatic rings. The van der Waals surface area contributed by atoms with Crippen LogP contribution in [0.4, 0.5) is 5.69 Å². The molecule has 1 aromatic carbocycles. The minimum absolute atomic E-state index is 0.128. The van der Waals surface area contributed by atoms with Gasteiger partial charge in [0.05, 0.1) is 18.0 Å². The molecular weight excluding hydrogens is 262 g/mol. The van der Waals surface area contributed by atoms with E-state index in [-0.39, 0.29) is 17.5 Å². The standard InChI is InChI=1S/C14H23NO3S/c1-5-18-14-9-11(3)7-8-13(14)15-12(4)10-19(16,17)6-2/h7-9,12,15H,5-6,10H2,1-4H3. The molecule has 0 fully saturated rings. The Hall–Kier alpha value is -1.23. The molecule has 1 aromatic rings. The number of sulfone groups is 1. The van der Waals surface area contributed by atoms with Crippen molar-refractivity contribution < 1.29 is 13.2 Å². The summed E-state index contributed by atoms with van der Waals surface area (Å²) < 4.78 is 28.8. The molecule has 1 rings (SSSR count). The minimum atomic E-state index is -2.98. The quantitative estimate of drug-likeness (QED) is 0.836. The largest absolute Gasteiger partial charge is 0.492 e. The molecule has 1 N–H and O–H groups in total. The van der Waals surface area contributed by atoms with Gasteiger partial charge in [-0.2, -0.15) is 0 Å². The first-order valence-electron chi connectivity index (χ1n) is 6.58. The highest BCUT2D eigenvalue weighted by atomic mass is 32.2. The maximum absolute atomic E-state index is 11.6. The van der Waals surface area contributed by atoms with E-state index in [1.54, 1.807) is 6.92 Å². The van der Waals surface area contributed by atoms with Gasteiger partial charge in [0.25, 0.3) is 0 Å². The van der Waals surface area contributed by atoms with Crippen LogP contribution in [-0.4, -0.2) is 32.6 Å². The summed E-state index contributed by atoms with van der Waals surface area (Å²) >= 11 is 0. The molecule has 4 nitrogen and oxygen atoms in total. The molecular formula is C14H23NO3S. The number of anilines is 1. The first-order chi connectivity index (χ1) is 8.88. The summed E-state index contributed by atoms with van der Waals surface area (Å²) in [5.41, 5.74) is 1.95. The molecule has 0 bridgehead atoms. The van der Waals surface area contributed by atoms with Crippen LogP contribution < -0.4 is 10.1 Å². The van der Waals surface area contributed by atoms with Crippen molar-refractivity contribution in [3.63, 3.8) is 0 Å². The van der Waals surface area contributed by atoms with Gasteiger partial charge < -0.3 is 10.1 Å². The molecule has 0 saturated heterocycles. The van der Waals surface area contributed by atoms with Gasteiger partial charge in [0, 0.05) is 11.8 Å². The van der Waals surface area contributed by atoms with Gasteiger partial charge in [-0.05, 0) is 38.5 Å². The fourth-order valence-electron chi connectivity index (χ4n) is 1.83. The van der Waals surface area contributed by atoms with Gasteiger partial charge in [-0.25, -0.2) is 8.42 Å². The molecule has 1 unspecified atom stereocenters. The van der Waals surface area contributed by atoms with Crippen LogP contribution in [0.3, 0.4) is 0 Å². The highest BCUT2D eigenvalue weighted by Gasteiger charge is 2.15. The van der Waals surface area contributed by atoms with Crippen molar-refractivity contribution in [3.05, 3.63) is 23.8 Å². The van der Waals surface area contributed by atoms with Gasteiger partial charge in [0.2, 0.25) is 0 Å². The number of benzene rings is 1. The Morgan fingerprint density at radius 2 is 2.00 bits per heavy atom. The third kappa shape index (κ3) is 5.11. The summed E-state index contributed by atoms with van der Waals surface area (Å²) in [5.74, 6) is 1.07. The summed E-state index contributed by atoms with van der Waals surface area (Å²) in [4.78, 5) is 0. The van der Waals surface area contributed by atoms with Crippen molar-refractivity contribution in [3.8, 4) is 5.75 Å². The lowest BCUT2D eigenvalue weighted by atomic mass is 10.2. The lowest BCUT2D eigenvalue weighted by Crippen LogP contribution is -2.27. The molecule has 5 heteroatoms. The molecule has 0 saturated carbocycles. The van der Waals surface area contributed by atoms with Crippen molar-refractivity contribution in [2.75, 3.05) is 23.4 Å². The Labute approximate surface area is 116 Å². The second-order valence-corrected chi connectivity index (χ2v) is 7.07. The Kier molecular flexibility index (Phi) is 5.66. The fourth-order valence-corrected chi connectivity index (χ4v) is 2.91. The number of aryl methyl sites for hydroxylation is 1. The van der Waals surface area contributed by atoms with E-state index in [9.17, 15) is 8.42 Å². The van der Waals surface area contributed by atoms with Crippen molar-refractivity contribution in [2.45, 2.75) is 33.7 Å². The zero-order valence-electron chi connectivity index (χ0n) is 12.1. The van der Waals surface area contributed by atoms with Crippen molar-refractivity contribution in [2.24, 2.45) is 0 Å². The van der Waals surface area contributed by atoms with E-state index < -0.39 is 9.84 Å². The number of hydrogen-bond acceptors (Lipinski definition) is 4. The predicted octanol–water partition coefficient (Wildman–Crippen LogP) is 2.63. The van der Waals surface area contributed by atoms with Crippen LogP contribution in [0, 0.1) is 6.92 Å². The van der Waals surface area contributed by atoms with E-state index in [1.165, 1.54) is 0 Å². The normalized spacial score (nSPS) is 13.1. The van der Waals surface area contributed by atoms with Gasteiger partial charge in [-0.3, -0.25) is 0 Å². The second kappa shape index (κ2) is 6.80. The molecule has 108 valence electrons. The fraction of sp³-hybridized carbons (Fsp3) is 0.571. The van der Waals surface area contributed by atoms with Gasteiger partial charge in [0.15, 0.2) is 9.84 Å². The molecule has 0 heterocycles. The Morgan fingerprint density at radius 1 is 1.32 bits per heavy atom. The highest BCUT2D eigenvalue weighted by Crippen LogP contribution is 2.26. The first-order valence-corrected chi connectivity index (χ1v) is 8.40. The monoisotopic (exact) mass is 285 g/mol. The lowest BCUT2D eigenvalue weighted by Gasteiger charge is -2.18. The van der Waals surface area contributed by atoms with E-state index in [2.05, 4.69) is 5.32 Å². The zero-order chi connectivity index (χ0) is 14.5. The van der Waals surface area contributed by atoms with Crippen LogP contribution in [0.15, 0.2) is 18.2 Å². The zero-order valence-corrected chi connectivity index (χ0v) is 12.9. The Balaban J connectivity index is 2.81. The summed E-state index contributed by atoms with van der Waals surface area (Å²) in [5, 5.41) is 3.21. The third-order valence-electron chi connectivity index (χ3n) is 2.78. The smallest absolute Gasteiger partial charge is 0.152 e. The number of nitrogens with one attached hydrogen (secondary N) is 1. The first kappa shape index (κ1) is 15.8. The summed E-state index contributed by atoms with van der Waals surface area (Å²) in [6.45, 7) is 8.04. The van der Waals surface area contributed by atoms with Crippen LogP contribution in [0.25, 0.3) is 0 Å². The van der Waals surface area contributed by atoms with Gasteiger partial charge in [0.1, 0.15) is 5.75 Å². The molecule has 0 aromatic heterocycles. The van der Waals surface area contributed by atoms with Crippen LogP contribution in [0.2, 0.25) is 0 Å². The summed E-state index contributed by atoms with van der Waals surface area (Å²) in [6.07, 6.45) is 0. The van der Waals surface area contributed by atoms with Crippen molar-refractivity contribution >= 4 is 15.5 Å². The van der Waals surface area contributed by atoms with E-state index in [0.29, 0.717) is 6.61 Å². The van der Waals surface area contributed by atoms with Gasteiger partial charge in [-0.15, -0.1) is 0 Å². The molecule has 0 aliphatic carbocycles. The van der Waals surface area contributed by atoms with Crippen LogP contribution >= 0.6 is 0 Å². The summed E-state index contributed by atoms with van der Waals surface area (Å²) in [7, 11) is -2.98. The lowest BCUT2D eigenvalue weighted by molar-refractivity contribution is 0.341. The topological polar surface area (TPSA) is 55.4 Å². The van der Waals surface area contributed by atoms with E-state index >= 15 is 0 Å². The SMILES string of the molecule is CCOc1cc(C)ccc1NC(C)CS(=O)(=O)CC. The van der Waals surface area contributed by atoms with E-state index in [1.807, 2.05) is 39.0 Å². The predicted molar refractivity (Wildman–Crippen MR) is 79.8 cm³/mol. The average Bonchev–Trinajstić information content (AvgIpc) is 2.32. The number of rotatable bonds is 7. The molecule has 0 amide bonds. The number of hydrogen-bond donors (Lipinski definition) is 1. The molecule has 0 radical (unpaired) electrons. The summed E-state index contributed by atoms with van der Waals surface area (Å²) in [6, 6.07) is 5.71. The maximum atomic E-state index is 11.6. The van der Waals surface area contributed by atoms with E-state index in [4.69, 9.17) is 4.74 Å². The molecule has 0 spiro atoms. The highest BCUT2D eigenvalue weighted by molar-refractivity contribution is 7.91. The van der Waals surface area contributed by atoms with Crippen LogP contribution in [0.5, 0.6) is 5.75 Å². The molecule has 19 heavy (non-hydrogen) atoms. The Morgan fingerprint density at radius 3 is 2.58 bits per heavy atom. The van der Waals surface area contributed by atoms with Gasteiger partial charge in [-0.1, -0.05) is 13.0 Å². The van der Waals surface area contributed by atoms with Crippen molar-refractivity contribution in [1.29, 1.82) is 0 Å². The van der Waals surface area contributed by atoms with Crippen LogP contribution in [0.1, 0.15) is 26.3 Å². The molecule has 1 atom stereocenters. The average molecular weight is 285 g/mol. The van der Waals surface area contributed by atoms with E-state index in [0.717, 1.165) is 17.0 Å².